The van der Waals surface area contributed by atoms with Crippen LogP contribution in [0, 0.1) is 6.92 Å². The van der Waals surface area contributed by atoms with Crippen LogP contribution < -0.4 is 14.2 Å². The monoisotopic (exact) mass is 319 g/mol. The van der Waals surface area contributed by atoms with Crippen molar-refractivity contribution in [2.45, 2.75) is 24.8 Å². The molecule has 0 saturated heterocycles. The zero-order valence-electron chi connectivity index (χ0n) is 12.4. The van der Waals surface area contributed by atoms with E-state index in [0.717, 1.165) is 11.1 Å². The standard InChI is InChI=1S/C16H17NO4S/c1-11-3-6-14(7-4-11)22(18,19)17-12(2)13-5-8-15-16(9-13)21-10-20-15/h3-9,12,17H,10H2,1-2H3/t12-/m0/s1. The quantitative estimate of drug-likeness (QED) is 0.941. The normalized spacial score (nSPS) is 14.8. The lowest BCUT2D eigenvalue weighted by Crippen LogP contribution is -2.26. The Labute approximate surface area is 129 Å². The van der Waals surface area contributed by atoms with Gasteiger partial charge in [-0.15, -0.1) is 0 Å². The summed E-state index contributed by atoms with van der Waals surface area (Å²) in [6, 6.07) is 11.8. The number of ether oxygens (including phenoxy) is 2. The molecule has 1 aliphatic heterocycles. The highest BCUT2D eigenvalue weighted by Gasteiger charge is 2.20. The van der Waals surface area contributed by atoms with Crippen molar-refractivity contribution in [3.63, 3.8) is 0 Å². The van der Waals surface area contributed by atoms with Crippen molar-refractivity contribution >= 4 is 10.0 Å². The van der Waals surface area contributed by atoms with Gasteiger partial charge in [-0.25, -0.2) is 13.1 Å². The average Bonchev–Trinajstić information content (AvgIpc) is 2.94. The molecule has 5 nitrogen and oxygen atoms in total. The molecule has 1 atom stereocenters. The molecule has 1 N–H and O–H groups in total. The van der Waals surface area contributed by atoms with Gasteiger partial charge in [-0.05, 0) is 43.7 Å². The van der Waals surface area contributed by atoms with Gasteiger partial charge in [0.15, 0.2) is 11.5 Å². The molecule has 0 radical (unpaired) electrons. The third kappa shape index (κ3) is 2.93. The number of benzene rings is 2. The van der Waals surface area contributed by atoms with E-state index >= 15 is 0 Å². The highest BCUT2D eigenvalue weighted by molar-refractivity contribution is 7.89. The van der Waals surface area contributed by atoms with Crippen molar-refractivity contribution in [3.05, 3.63) is 53.6 Å². The van der Waals surface area contributed by atoms with Crippen molar-refractivity contribution < 1.29 is 17.9 Å². The highest BCUT2D eigenvalue weighted by Crippen LogP contribution is 2.34. The summed E-state index contributed by atoms with van der Waals surface area (Å²) >= 11 is 0. The number of fused-ring (bicyclic) bond motifs is 1. The summed E-state index contributed by atoms with van der Waals surface area (Å²) in [7, 11) is -3.56. The van der Waals surface area contributed by atoms with Gasteiger partial charge < -0.3 is 9.47 Å². The Hall–Kier alpha value is -2.05. The van der Waals surface area contributed by atoms with E-state index in [1.54, 1.807) is 43.3 Å². The minimum atomic E-state index is -3.56. The maximum absolute atomic E-state index is 12.4. The van der Waals surface area contributed by atoms with Gasteiger partial charge in [-0.2, -0.15) is 0 Å². The molecule has 0 bridgehead atoms. The van der Waals surface area contributed by atoms with Crippen LogP contribution in [0.15, 0.2) is 47.4 Å². The molecule has 1 heterocycles. The number of nitrogens with one attached hydrogen (secondary N) is 1. The fraction of sp³-hybridized carbons (Fsp3) is 0.250. The minimum absolute atomic E-state index is 0.197. The first kappa shape index (κ1) is 14.9. The topological polar surface area (TPSA) is 64.6 Å². The Morgan fingerprint density at radius 1 is 1.05 bits per heavy atom. The summed E-state index contributed by atoms with van der Waals surface area (Å²) in [6.45, 7) is 3.91. The Balaban J connectivity index is 1.81. The number of rotatable bonds is 4. The second-order valence-corrected chi connectivity index (χ2v) is 6.98. The summed E-state index contributed by atoms with van der Waals surface area (Å²) in [4.78, 5) is 0.255. The predicted molar refractivity (Wildman–Crippen MR) is 82.5 cm³/mol. The largest absolute Gasteiger partial charge is 0.454 e. The van der Waals surface area contributed by atoms with Crippen LogP contribution in [0.2, 0.25) is 0 Å². The maximum atomic E-state index is 12.4. The molecule has 2 aromatic rings. The van der Waals surface area contributed by atoms with Gasteiger partial charge in [0.05, 0.1) is 4.90 Å². The molecule has 1 aliphatic rings. The number of sulfonamides is 1. The Morgan fingerprint density at radius 2 is 1.73 bits per heavy atom. The van der Waals surface area contributed by atoms with E-state index in [1.807, 2.05) is 13.0 Å². The molecule has 0 amide bonds. The van der Waals surface area contributed by atoms with Crippen molar-refractivity contribution in [1.29, 1.82) is 0 Å². The lowest BCUT2D eigenvalue weighted by Gasteiger charge is -2.15. The molecule has 22 heavy (non-hydrogen) atoms. The molecule has 0 unspecified atom stereocenters. The Kier molecular flexibility index (Phi) is 3.80. The third-order valence-electron chi connectivity index (χ3n) is 3.56. The smallest absolute Gasteiger partial charge is 0.241 e. The lowest BCUT2D eigenvalue weighted by molar-refractivity contribution is 0.174. The zero-order valence-corrected chi connectivity index (χ0v) is 13.2. The van der Waals surface area contributed by atoms with Gasteiger partial charge in [0, 0.05) is 6.04 Å². The van der Waals surface area contributed by atoms with Crippen LogP contribution in [-0.4, -0.2) is 15.2 Å². The van der Waals surface area contributed by atoms with Gasteiger partial charge in [0.1, 0.15) is 0 Å². The Morgan fingerprint density at radius 3 is 2.45 bits per heavy atom. The van der Waals surface area contributed by atoms with Crippen molar-refractivity contribution in [2.75, 3.05) is 6.79 Å². The molecule has 6 heteroatoms. The van der Waals surface area contributed by atoms with E-state index in [1.165, 1.54) is 0 Å². The predicted octanol–water partition coefficient (Wildman–Crippen LogP) is 2.76. The first-order chi connectivity index (χ1) is 10.5. The molecule has 0 aromatic heterocycles. The van der Waals surface area contributed by atoms with E-state index in [2.05, 4.69) is 4.72 Å². The molecule has 2 aromatic carbocycles. The highest BCUT2D eigenvalue weighted by atomic mass is 32.2. The first-order valence-corrected chi connectivity index (χ1v) is 8.42. The van der Waals surface area contributed by atoms with Crippen molar-refractivity contribution in [3.8, 4) is 11.5 Å². The van der Waals surface area contributed by atoms with E-state index < -0.39 is 10.0 Å². The third-order valence-corrected chi connectivity index (χ3v) is 5.12. The number of hydrogen-bond acceptors (Lipinski definition) is 4. The van der Waals surface area contributed by atoms with Gasteiger partial charge in [0.25, 0.3) is 0 Å². The zero-order chi connectivity index (χ0) is 15.7. The van der Waals surface area contributed by atoms with Crippen LogP contribution in [0.1, 0.15) is 24.1 Å². The fourth-order valence-corrected chi connectivity index (χ4v) is 3.50. The SMILES string of the molecule is Cc1ccc(S(=O)(=O)N[C@@H](C)c2ccc3c(c2)OCO3)cc1. The summed E-state index contributed by atoms with van der Waals surface area (Å²) in [5.41, 5.74) is 1.84. The first-order valence-electron chi connectivity index (χ1n) is 6.94. The molecule has 0 saturated carbocycles. The fourth-order valence-electron chi connectivity index (χ4n) is 2.27. The average molecular weight is 319 g/mol. The van der Waals surface area contributed by atoms with Crippen molar-refractivity contribution in [1.82, 2.24) is 4.72 Å². The van der Waals surface area contributed by atoms with Crippen LogP contribution >= 0.6 is 0 Å². The van der Waals surface area contributed by atoms with E-state index in [-0.39, 0.29) is 17.7 Å². The molecule has 3 rings (SSSR count). The van der Waals surface area contributed by atoms with Gasteiger partial charge in [-0.3, -0.25) is 0 Å². The maximum Gasteiger partial charge on any atom is 0.241 e. The van der Waals surface area contributed by atoms with Crippen LogP contribution in [0.3, 0.4) is 0 Å². The second-order valence-electron chi connectivity index (χ2n) is 5.27. The van der Waals surface area contributed by atoms with Crippen LogP contribution in [0.4, 0.5) is 0 Å². The molecular weight excluding hydrogens is 302 g/mol. The van der Waals surface area contributed by atoms with Crippen LogP contribution in [0.25, 0.3) is 0 Å². The van der Waals surface area contributed by atoms with E-state index in [4.69, 9.17) is 9.47 Å². The summed E-state index contributed by atoms with van der Waals surface area (Å²) in [6.07, 6.45) is 0. The summed E-state index contributed by atoms with van der Waals surface area (Å²) in [5, 5.41) is 0. The van der Waals surface area contributed by atoms with Gasteiger partial charge in [0.2, 0.25) is 16.8 Å². The molecular formula is C16H17NO4S. The number of hydrogen-bond donors (Lipinski definition) is 1. The van der Waals surface area contributed by atoms with Gasteiger partial charge in [-0.1, -0.05) is 23.8 Å². The van der Waals surface area contributed by atoms with Crippen LogP contribution in [-0.2, 0) is 10.0 Å². The van der Waals surface area contributed by atoms with Crippen LogP contribution in [0.5, 0.6) is 11.5 Å². The minimum Gasteiger partial charge on any atom is -0.454 e. The second kappa shape index (κ2) is 5.62. The van der Waals surface area contributed by atoms with Crippen molar-refractivity contribution in [2.24, 2.45) is 0 Å². The molecule has 0 spiro atoms. The Bertz CT molecular complexity index is 784. The summed E-state index contributed by atoms with van der Waals surface area (Å²) in [5.74, 6) is 1.32. The van der Waals surface area contributed by atoms with E-state index in [9.17, 15) is 8.42 Å². The van der Waals surface area contributed by atoms with Gasteiger partial charge >= 0.3 is 0 Å². The lowest BCUT2D eigenvalue weighted by atomic mass is 10.1. The molecule has 0 fully saturated rings. The summed E-state index contributed by atoms with van der Waals surface area (Å²) < 4.78 is 38.0. The van der Waals surface area contributed by atoms with E-state index in [0.29, 0.717) is 11.5 Å². The molecule has 116 valence electrons. The molecule has 0 aliphatic carbocycles. The number of aryl methyl sites for hydroxylation is 1.